The SMILES string of the molecule is CC(Oc1ccccc1)C(=O)Nc1ccc(-c2ccc3ccccc3n2)cc1. The monoisotopic (exact) mass is 368 g/mol. The number of ether oxygens (including phenoxy) is 1. The van der Waals surface area contributed by atoms with Gasteiger partial charge in [-0.25, -0.2) is 4.98 Å². The zero-order chi connectivity index (χ0) is 19.3. The Labute approximate surface area is 163 Å². The van der Waals surface area contributed by atoms with Gasteiger partial charge < -0.3 is 10.1 Å². The Morgan fingerprint density at radius 1 is 0.857 bits per heavy atom. The average molecular weight is 368 g/mol. The van der Waals surface area contributed by atoms with E-state index in [0.29, 0.717) is 5.75 Å². The van der Waals surface area contributed by atoms with Crippen molar-refractivity contribution in [1.82, 2.24) is 4.98 Å². The molecule has 1 atom stereocenters. The number of rotatable bonds is 5. The van der Waals surface area contributed by atoms with Gasteiger partial charge >= 0.3 is 0 Å². The Bertz CT molecular complexity index is 1090. The molecular weight excluding hydrogens is 348 g/mol. The second-order valence-corrected chi connectivity index (χ2v) is 6.53. The molecule has 0 aliphatic heterocycles. The largest absolute Gasteiger partial charge is 0.481 e. The molecule has 0 saturated heterocycles. The van der Waals surface area contributed by atoms with Gasteiger partial charge in [-0.3, -0.25) is 4.79 Å². The number of hydrogen-bond acceptors (Lipinski definition) is 3. The lowest BCUT2D eigenvalue weighted by molar-refractivity contribution is -0.122. The molecule has 0 aliphatic carbocycles. The van der Waals surface area contributed by atoms with Crippen LogP contribution in [0.4, 0.5) is 5.69 Å². The minimum atomic E-state index is -0.593. The van der Waals surface area contributed by atoms with Crippen molar-refractivity contribution in [3.8, 4) is 17.0 Å². The van der Waals surface area contributed by atoms with Gasteiger partial charge in [-0.2, -0.15) is 0 Å². The normalized spacial score (nSPS) is 11.8. The van der Waals surface area contributed by atoms with E-state index in [0.717, 1.165) is 27.8 Å². The number of nitrogens with one attached hydrogen (secondary N) is 1. The molecule has 0 fully saturated rings. The Kier molecular flexibility index (Phi) is 5.02. The van der Waals surface area contributed by atoms with Crippen LogP contribution in [0.1, 0.15) is 6.92 Å². The number of pyridine rings is 1. The highest BCUT2D eigenvalue weighted by Gasteiger charge is 2.14. The van der Waals surface area contributed by atoms with Gasteiger partial charge in [-0.15, -0.1) is 0 Å². The van der Waals surface area contributed by atoms with E-state index in [-0.39, 0.29) is 5.91 Å². The smallest absolute Gasteiger partial charge is 0.265 e. The molecule has 1 aromatic heterocycles. The summed E-state index contributed by atoms with van der Waals surface area (Å²) in [4.78, 5) is 17.1. The second-order valence-electron chi connectivity index (χ2n) is 6.53. The van der Waals surface area contributed by atoms with Crippen LogP contribution in [0.3, 0.4) is 0 Å². The zero-order valence-corrected chi connectivity index (χ0v) is 15.5. The van der Waals surface area contributed by atoms with Crippen molar-refractivity contribution in [3.05, 3.63) is 91.0 Å². The van der Waals surface area contributed by atoms with Crippen LogP contribution < -0.4 is 10.1 Å². The molecule has 1 N–H and O–H groups in total. The Morgan fingerprint density at radius 3 is 2.36 bits per heavy atom. The van der Waals surface area contributed by atoms with Gasteiger partial charge in [0, 0.05) is 16.6 Å². The third-order valence-electron chi connectivity index (χ3n) is 4.47. The third kappa shape index (κ3) is 4.01. The van der Waals surface area contributed by atoms with E-state index in [4.69, 9.17) is 9.72 Å². The van der Waals surface area contributed by atoms with Gasteiger partial charge in [0.15, 0.2) is 6.10 Å². The van der Waals surface area contributed by atoms with Gasteiger partial charge in [0.1, 0.15) is 5.75 Å². The van der Waals surface area contributed by atoms with Crippen molar-refractivity contribution in [3.63, 3.8) is 0 Å². The van der Waals surface area contributed by atoms with Crippen LogP contribution in [0.5, 0.6) is 5.75 Å². The first kappa shape index (κ1) is 17.7. The van der Waals surface area contributed by atoms with Crippen LogP contribution in [0.15, 0.2) is 91.0 Å². The summed E-state index contributed by atoms with van der Waals surface area (Å²) in [5.74, 6) is 0.475. The van der Waals surface area contributed by atoms with E-state index in [1.54, 1.807) is 6.92 Å². The van der Waals surface area contributed by atoms with Gasteiger partial charge in [0.05, 0.1) is 11.2 Å². The fourth-order valence-electron chi connectivity index (χ4n) is 2.95. The molecule has 0 bridgehead atoms. The van der Waals surface area contributed by atoms with Crippen molar-refractivity contribution in [2.24, 2.45) is 0 Å². The van der Waals surface area contributed by atoms with E-state index in [1.807, 2.05) is 84.9 Å². The number of carbonyl (C=O) groups excluding carboxylic acids is 1. The summed E-state index contributed by atoms with van der Waals surface area (Å²) in [6.45, 7) is 1.73. The quantitative estimate of drug-likeness (QED) is 0.519. The highest BCUT2D eigenvalue weighted by molar-refractivity contribution is 5.94. The lowest BCUT2D eigenvalue weighted by atomic mass is 10.1. The minimum absolute atomic E-state index is 0.194. The average Bonchev–Trinajstić information content (AvgIpc) is 2.74. The fourth-order valence-corrected chi connectivity index (χ4v) is 2.95. The summed E-state index contributed by atoms with van der Waals surface area (Å²) in [7, 11) is 0. The maximum absolute atomic E-state index is 12.4. The third-order valence-corrected chi connectivity index (χ3v) is 4.47. The second kappa shape index (κ2) is 7.92. The number of fused-ring (bicyclic) bond motifs is 1. The Hall–Kier alpha value is -3.66. The molecule has 138 valence electrons. The molecule has 1 heterocycles. The van der Waals surface area contributed by atoms with E-state index in [2.05, 4.69) is 11.4 Å². The lowest BCUT2D eigenvalue weighted by Gasteiger charge is -2.15. The highest BCUT2D eigenvalue weighted by atomic mass is 16.5. The summed E-state index contributed by atoms with van der Waals surface area (Å²) >= 11 is 0. The standard InChI is InChI=1S/C24H20N2O2/c1-17(28-21-8-3-2-4-9-21)24(27)25-20-14-11-19(12-15-20)23-16-13-18-7-5-6-10-22(18)26-23/h2-17H,1H3,(H,25,27). The molecule has 0 radical (unpaired) electrons. The molecule has 1 unspecified atom stereocenters. The summed E-state index contributed by atoms with van der Waals surface area (Å²) < 4.78 is 5.66. The molecule has 4 rings (SSSR count). The first-order chi connectivity index (χ1) is 13.7. The van der Waals surface area contributed by atoms with Crippen molar-refractivity contribution < 1.29 is 9.53 Å². The van der Waals surface area contributed by atoms with Crippen LogP contribution in [0.25, 0.3) is 22.2 Å². The number of anilines is 1. The Balaban J connectivity index is 1.44. The first-order valence-corrected chi connectivity index (χ1v) is 9.18. The fraction of sp³-hybridized carbons (Fsp3) is 0.0833. The minimum Gasteiger partial charge on any atom is -0.481 e. The maximum atomic E-state index is 12.4. The number of para-hydroxylation sites is 2. The van der Waals surface area contributed by atoms with Crippen LogP contribution in [-0.2, 0) is 4.79 Å². The number of amides is 1. The molecule has 3 aromatic carbocycles. The molecule has 1 amide bonds. The topological polar surface area (TPSA) is 51.2 Å². The number of carbonyl (C=O) groups is 1. The molecule has 0 aliphatic rings. The van der Waals surface area contributed by atoms with Crippen molar-refractivity contribution in [2.75, 3.05) is 5.32 Å². The number of benzene rings is 3. The zero-order valence-electron chi connectivity index (χ0n) is 15.5. The highest BCUT2D eigenvalue weighted by Crippen LogP contribution is 2.23. The summed E-state index contributed by atoms with van der Waals surface area (Å²) in [6, 6.07) is 29.1. The number of aromatic nitrogens is 1. The van der Waals surface area contributed by atoms with Crippen LogP contribution in [0.2, 0.25) is 0 Å². The molecule has 0 spiro atoms. The van der Waals surface area contributed by atoms with Crippen molar-refractivity contribution in [2.45, 2.75) is 13.0 Å². The lowest BCUT2D eigenvalue weighted by Crippen LogP contribution is -2.30. The Morgan fingerprint density at radius 2 is 1.57 bits per heavy atom. The van der Waals surface area contributed by atoms with E-state index < -0.39 is 6.10 Å². The van der Waals surface area contributed by atoms with Crippen LogP contribution >= 0.6 is 0 Å². The summed E-state index contributed by atoms with van der Waals surface area (Å²) in [5, 5.41) is 4.00. The molecule has 28 heavy (non-hydrogen) atoms. The van der Waals surface area contributed by atoms with Gasteiger partial charge in [0.25, 0.3) is 5.91 Å². The van der Waals surface area contributed by atoms with Crippen molar-refractivity contribution in [1.29, 1.82) is 0 Å². The number of nitrogens with zero attached hydrogens (tertiary/aromatic N) is 1. The van der Waals surface area contributed by atoms with Crippen LogP contribution in [-0.4, -0.2) is 17.0 Å². The number of hydrogen-bond donors (Lipinski definition) is 1. The molecule has 0 saturated carbocycles. The molecule has 4 heteroatoms. The summed E-state index contributed by atoms with van der Waals surface area (Å²) in [5.41, 5.74) is 3.58. The predicted octanol–water partition coefficient (Wildman–Crippen LogP) is 5.31. The maximum Gasteiger partial charge on any atom is 0.265 e. The van der Waals surface area contributed by atoms with E-state index in [9.17, 15) is 4.79 Å². The molecule has 4 aromatic rings. The van der Waals surface area contributed by atoms with Gasteiger partial charge in [-0.05, 0) is 43.3 Å². The van der Waals surface area contributed by atoms with Crippen molar-refractivity contribution >= 4 is 22.5 Å². The summed E-state index contributed by atoms with van der Waals surface area (Å²) in [6.07, 6.45) is -0.593. The van der Waals surface area contributed by atoms with E-state index >= 15 is 0 Å². The van der Waals surface area contributed by atoms with Gasteiger partial charge in [0.2, 0.25) is 0 Å². The van der Waals surface area contributed by atoms with Crippen LogP contribution in [0, 0.1) is 0 Å². The molecule has 4 nitrogen and oxygen atoms in total. The van der Waals surface area contributed by atoms with E-state index in [1.165, 1.54) is 0 Å². The molecular formula is C24H20N2O2. The van der Waals surface area contributed by atoms with Gasteiger partial charge in [-0.1, -0.05) is 54.6 Å². The predicted molar refractivity (Wildman–Crippen MR) is 112 cm³/mol. The first-order valence-electron chi connectivity index (χ1n) is 9.18.